The zero-order valence-corrected chi connectivity index (χ0v) is 16.0. The highest BCUT2D eigenvalue weighted by molar-refractivity contribution is 5.94. The molecule has 1 heterocycles. The number of rotatable bonds is 6. The number of benzene rings is 2. The van der Waals surface area contributed by atoms with Gasteiger partial charge in [0.1, 0.15) is 5.75 Å². The summed E-state index contributed by atoms with van der Waals surface area (Å²) in [5, 5.41) is 2.85. The molecule has 28 heavy (non-hydrogen) atoms. The van der Waals surface area contributed by atoms with Crippen LogP contribution in [0.1, 0.15) is 17.3 Å². The monoisotopic (exact) mass is 384 g/mol. The van der Waals surface area contributed by atoms with E-state index in [2.05, 4.69) is 15.0 Å². The lowest BCUT2D eigenvalue weighted by Gasteiger charge is -2.29. The number of carbonyl (C=O) groups excluding carboxylic acids is 2. The minimum Gasteiger partial charge on any atom is -0.481 e. The number of amides is 1. The van der Waals surface area contributed by atoms with Crippen LogP contribution in [0.5, 0.6) is 5.75 Å². The summed E-state index contributed by atoms with van der Waals surface area (Å²) in [6.45, 7) is 4.87. The van der Waals surface area contributed by atoms with Gasteiger partial charge in [0.15, 0.2) is 6.10 Å². The van der Waals surface area contributed by atoms with Crippen molar-refractivity contribution in [1.82, 2.24) is 0 Å². The Labute approximate surface area is 164 Å². The Hall–Kier alpha value is -3.06. The van der Waals surface area contributed by atoms with Crippen molar-refractivity contribution in [2.75, 3.05) is 43.6 Å². The van der Waals surface area contributed by atoms with Crippen molar-refractivity contribution in [3.05, 3.63) is 54.1 Å². The maximum Gasteiger partial charge on any atom is 0.337 e. The average Bonchev–Trinajstić information content (AvgIpc) is 2.75. The first-order valence-electron chi connectivity index (χ1n) is 9.15. The molecule has 2 aromatic carbocycles. The Morgan fingerprint density at radius 3 is 2.29 bits per heavy atom. The molecule has 1 saturated heterocycles. The van der Waals surface area contributed by atoms with Gasteiger partial charge in [-0.1, -0.05) is 0 Å². The zero-order chi connectivity index (χ0) is 19.9. The second-order valence-corrected chi connectivity index (χ2v) is 6.41. The first-order chi connectivity index (χ1) is 13.6. The van der Waals surface area contributed by atoms with E-state index in [0.29, 0.717) is 17.0 Å². The van der Waals surface area contributed by atoms with E-state index >= 15 is 0 Å². The van der Waals surface area contributed by atoms with Gasteiger partial charge in [-0.3, -0.25) is 4.79 Å². The molecule has 0 aliphatic carbocycles. The molecule has 0 unspecified atom stereocenters. The predicted molar refractivity (Wildman–Crippen MR) is 106 cm³/mol. The summed E-state index contributed by atoms with van der Waals surface area (Å²) in [7, 11) is 1.33. The predicted octanol–water partition coefficient (Wildman–Crippen LogP) is 2.72. The standard InChI is InChI=1S/C21H24N2O5/c1-15(28-19-9-3-16(4-10-19)21(25)26-2)20(24)22-17-5-7-18(8-6-17)23-11-13-27-14-12-23/h3-10,15H,11-14H2,1-2H3,(H,22,24)/t15-/m0/s1. The quantitative estimate of drug-likeness (QED) is 0.772. The summed E-state index contributed by atoms with van der Waals surface area (Å²) >= 11 is 0. The molecule has 0 radical (unpaired) electrons. The molecule has 148 valence electrons. The minimum atomic E-state index is -0.692. The van der Waals surface area contributed by atoms with Crippen LogP contribution < -0.4 is 15.0 Å². The number of carbonyl (C=O) groups is 2. The van der Waals surface area contributed by atoms with Crippen LogP contribution in [0.4, 0.5) is 11.4 Å². The highest BCUT2D eigenvalue weighted by Crippen LogP contribution is 2.20. The van der Waals surface area contributed by atoms with Crippen LogP contribution in [-0.2, 0) is 14.3 Å². The van der Waals surface area contributed by atoms with Gasteiger partial charge in [-0.15, -0.1) is 0 Å². The molecule has 7 heteroatoms. The second kappa shape index (κ2) is 9.23. The first-order valence-corrected chi connectivity index (χ1v) is 9.15. The van der Waals surface area contributed by atoms with Gasteiger partial charge in [0.2, 0.25) is 0 Å². The van der Waals surface area contributed by atoms with Crippen LogP contribution in [0.3, 0.4) is 0 Å². The van der Waals surface area contributed by atoms with E-state index in [9.17, 15) is 9.59 Å². The number of methoxy groups -OCH3 is 1. The molecule has 1 aliphatic heterocycles. The van der Waals surface area contributed by atoms with Crippen LogP contribution in [0.15, 0.2) is 48.5 Å². The van der Waals surface area contributed by atoms with Gasteiger partial charge in [-0.05, 0) is 55.5 Å². The number of esters is 1. The molecule has 3 rings (SSSR count). The molecule has 1 amide bonds. The number of morpholine rings is 1. The lowest BCUT2D eigenvalue weighted by Crippen LogP contribution is -2.36. The van der Waals surface area contributed by atoms with Crippen LogP contribution in [0.25, 0.3) is 0 Å². The van der Waals surface area contributed by atoms with Crippen molar-refractivity contribution in [2.45, 2.75) is 13.0 Å². The number of hydrogen-bond acceptors (Lipinski definition) is 6. The summed E-state index contributed by atoms with van der Waals surface area (Å²) < 4.78 is 15.7. The fourth-order valence-electron chi connectivity index (χ4n) is 2.87. The fraction of sp³-hybridized carbons (Fsp3) is 0.333. The van der Waals surface area contributed by atoms with E-state index in [-0.39, 0.29) is 5.91 Å². The van der Waals surface area contributed by atoms with E-state index in [0.717, 1.165) is 32.0 Å². The maximum absolute atomic E-state index is 12.4. The highest BCUT2D eigenvalue weighted by Gasteiger charge is 2.16. The van der Waals surface area contributed by atoms with Gasteiger partial charge >= 0.3 is 5.97 Å². The zero-order valence-electron chi connectivity index (χ0n) is 16.0. The topological polar surface area (TPSA) is 77.1 Å². The molecule has 0 bridgehead atoms. The van der Waals surface area contributed by atoms with E-state index in [4.69, 9.17) is 9.47 Å². The molecule has 0 spiro atoms. The van der Waals surface area contributed by atoms with Crippen molar-refractivity contribution in [1.29, 1.82) is 0 Å². The SMILES string of the molecule is COC(=O)c1ccc(O[C@@H](C)C(=O)Nc2ccc(N3CCOCC3)cc2)cc1. The van der Waals surface area contributed by atoms with Crippen molar-refractivity contribution in [3.63, 3.8) is 0 Å². The summed E-state index contributed by atoms with van der Waals surface area (Å²) in [6.07, 6.45) is -0.692. The summed E-state index contributed by atoms with van der Waals surface area (Å²) in [6, 6.07) is 14.2. The first kappa shape index (κ1) is 19.7. The summed E-state index contributed by atoms with van der Waals surface area (Å²) in [5.74, 6) is -0.174. The van der Waals surface area contributed by atoms with Gasteiger partial charge in [0, 0.05) is 24.5 Å². The van der Waals surface area contributed by atoms with Gasteiger partial charge in [-0.25, -0.2) is 4.79 Å². The Morgan fingerprint density at radius 2 is 1.68 bits per heavy atom. The van der Waals surface area contributed by atoms with Crippen LogP contribution in [0.2, 0.25) is 0 Å². The number of ether oxygens (including phenoxy) is 3. The Balaban J connectivity index is 1.54. The molecule has 1 N–H and O–H groups in total. The van der Waals surface area contributed by atoms with Gasteiger partial charge in [0.05, 0.1) is 25.9 Å². The summed E-state index contributed by atoms with van der Waals surface area (Å²) in [4.78, 5) is 26.1. The van der Waals surface area contributed by atoms with Crippen LogP contribution in [-0.4, -0.2) is 51.4 Å². The third-order valence-electron chi connectivity index (χ3n) is 4.47. The van der Waals surface area contributed by atoms with Crippen molar-refractivity contribution >= 4 is 23.3 Å². The lowest BCUT2D eigenvalue weighted by molar-refractivity contribution is -0.122. The summed E-state index contributed by atoms with van der Waals surface area (Å²) in [5.41, 5.74) is 2.24. The Bertz CT molecular complexity index is 799. The molecular formula is C21H24N2O5. The van der Waals surface area contributed by atoms with Crippen LogP contribution in [0, 0.1) is 0 Å². The molecular weight excluding hydrogens is 360 g/mol. The van der Waals surface area contributed by atoms with Crippen molar-refractivity contribution < 1.29 is 23.8 Å². The molecule has 0 aromatic heterocycles. The maximum atomic E-state index is 12.4. The van der Waals surface area contributed by atoms with Gasteiger partial charge < -0.3 is 24.4 Å². The number of nitrogens with zero attached hydrogens (tertiary/aromatic N) is 1. The molecule has 1 fully saturated rings. The van der Waals surface area contributed by atoms with Crippen molar-refractivity contribution in [3.8, 4) is 5.75 Å². The van der Waals surface area contributed by atoms with Crippen LogP contribution >= 0.6 is 0 Å². The normalized spacial score (nSPS) is 14.9. The third-order valence-corrected chi connectivity index (χ3v) is 4.47. The number of hydrogen-bond donors (Lipinski definition) is 1. The van der Waals surface area contributed by atoms with E-state index in [1.807, 2.05) is 24.3 Å². The van der Waals surface area contributed by atoms with E-state index in [1.54, 1.807) is 31.2 Å². The van der Waals surface area contributed by atoms with Gasteiger partial charge in [0.25, 0.3) is 5.91 Å². The number of nitrogens with one attached hydrogen (secondary N) is 1. The molecule has 7 nitrogen and oxygen atoms in total. The molecule has 1 atom stereocenters. The number of anilines is 2. The Kier molecular flexibility index (Phi) is 6.49. The average molecular weight is 384 g/mol. The Morgan fingerprint density at radius 1 is 1.04 bits per heavy atom. The molecule has 2 aromatic rings. The highest BCUT2D eigenvalue weighted by atomic mass is 16.5. The molecule has 0 saturated carbocycles. The van der Waals surface area contributed by atoms with Crippen molar-refractivity contribution in [2.24, 2.45) is 0 Å². The van der Waals surface area contributed by atoms with Gasteiger partial charge in [-0.2, -0.15) is 0 Å². The minimum absolute atomic E-state index is 0.254. The third kappa shape index (κ3) is 5.01. The molecule has 1 aliphatic rings. The second-order valence-electron chi connectivity index (χ2n) is 6.41. The lowest BCUT2D eigenvalue weighted by atomic mass is 10.2. The van der Waals surface area contributed by atoms with E-state index in [1.165, 1.54) is 7.11 Å². The fourth-order valence-corrected chi connectivity index (χ4v) is 2.87. The largest absolute Gasteiger partial charge is 0.481 e. The smallest absolute Gasteiger partial charge is 0.337 e. The van der Waals surface area contributed by atoms with E-state index < -0.39 is 12.1 Å².